The molecule has 0 bridgehead atoms. The van der Waals surface area contributed by atoms with Crippen molar-refractivity contribution in [2.24, 2.45) is 0 Å². The Labute approximate surface area is 118 Å². The summed E-state index contributed by atoms with van der Waals surface area (Å²) in [5, 5.41) is 14.4. The first kappa shape index (κ1) is 14.9. The summed E-state index contributed by atoms with van der Waals surface area (Å²) in [6.07, 6.45) is 0.735. The number of alkyl halides is 1. The maximum Gasteiger partial charge on any atom is 0.283 e. The van der Waals surface area contributed by atoms with Crippen LogP contribution in [-0.2, 0) is 0 Å². The molecule has 1 atom stereocenters. The second-order valence-corrected chi connectivity index (χ2v) is 4.74. The molecule has 18 heavy (non-hydrogen) atoms. The van der Waals surface area contributed by atoms with Gasteiger partial charge in [-0.05, 0) is 18.6 Å². The molecule has 0 saturated carbocycles. The van der Waals surface area contributed by atoms with Gasteiger partial charge in [-0.25, -0.2) is 0 Å². The average molecular weight is 336 g/mol. The maximum absolute atomic E-state index is 11.9. The van der Waals surface area contributed by atoms with E-state index in [1.54, 1.807) is 0 Å². The fourth-order valence-corrected chi connectivity index (χ4v) is 2.15. The number of carbonyl (C=O) groups is 1. The van der Waals surface area contributed by atoms with Gasteiger partial charge in [-0.3, -0.25) is 14.9 Å². The Balaban J connectivity index is 3.02. The Morgan fingerprint density at radius 2 is 2.28 bits per heavy atom. The van der Waals surface area contributed by atoms with Crippen LogP contribution in [0, 0.1) is 10.1 Å². The number of hydrogen-bond donors (Lipinski definition) is 1. The second-order valence-electron chi connectivity index (χ2n) is 3.65. The number of halogens is 2. The SMILES string of the molecule is CCC(CBr)NC(=O)c1ccc(Cl)cc1[N+](=O)[O-]. The zero-order valence-corrected chi connectivity index (χ0v) is 12.0. The predicted molar refractivity (Wildman–Crippen MR) is 73.4 cm³/mol. The summed E-state index contributed by atoms with van der Waals surface area (Å²) in [4.78, 5) is 22.2. The fraction of sp³-hybridized carbons (Fsp3) is 0.364. The van der Waals surface area contributed by atoms with E-state index in [0.29, 0.717) is 5.33 Å². The van der Waals surface area contributed by atoms with Gasteiger partial charge in [0, 0.05) is 22.5 Å². The summed E-state index contributed by atoms with van der Waals surface area (Å²) in [6.45, 7) is 1.92. The van der Waals surface area contributed by atoms with Gasteiger partial charge < -0.3 is 5.32 Å². The first-order chi connectivity index (χ1) is 8.49. The van der Waals surface area contributed by atoms with Gasteiger partial charge in [0.05, 0.1) is 4.92 Å². The van der Waals surface area contributed by atoms with Crippen LogP contribution in [0.1, 0.15) is 23.7 Å². The summed E-state index contributed by atoms with van der Waals surface area (Å²) < 4.78 is 0. The third kappa shape index (κ3) is 3.68. The van der Waals surface area contributed by atoms with Crippen LogP contribution >= 0.6 is 27.5 Å². The minimum Gasteiger partial charge on any atom is -0.348 e. The number of nitrogens with one attached hydrogen (secondary N) is 1. The van der Waals surface area contributed by atoms with Crippen LogP contribution in [0.4, 0.5) is 5.69 Å². The molecule has 7 heteroatoms. The van der Waals surface area contributed by atoms with Crippen LogP contribution in [-0.4, -0.2) is 22.2 Å². The minimum absolute atomic E-state index is 0.0174. The van der Waals surface area contributed by atoms with Crippen molar-refractivity contribution in [3.05, 3.63) is 38.9 Å². The average Bonchev–Trinajstić information content (AvgIpc) is 2.35. The minimum atomic E-state index is -0.615. The van der Waals surface area contributed by atoms with E-state index in [9.17, 15) is 14.9 Å². The molecule has 1 rings (SSSR count). The van der Waals surface area contributed by atoms with Crippen molar-refractivity contribution in [1.29, 1.82) is 0 Å². The molecule has 98 valence electrons. The van der Waals surface area contributed by atoms with Gasteiger partial charge in [-0.2, -0.15) is 0 Å². The summed E-state index contributed by atoms with van der Waals surface area (Å²) in [6, 6.07) is 3.92. The van der Waals surface area contributed by atoms with E-state index in [-0.39, 0.29) is 22.3 Å². The van der Waals surface area contributed by atoms with Crippen LogP contribution in [0.5, 0.6) is 0 Å². The van der Waals surface area contributed by atoms with E-state index in [1.165, 1.54) is 18.2 Å². The van der Waals surface area contributed by atoms with Gasteiger partial charge in [-0.15, -0.1) is 0 Å². The van der Waals surface area contributed by atoms with E-state index < -0.39 is 10.8 Å². The molecule has 0 fully saturated rings. The molecule has 0 spiro atoms. The fourth-order valence-electron chi connectivity index (χ4n) is 1.36. The molecule has 1 aromatic carbocycles. The van der Waals surface area contributed by atoms with Crippen LogP contribution in [0.25, 0.3) is 0 Å². The highest BCUT2D eigenvalue weighted by atomic mass is 79.9. The van der Waals surface area contributed by atoms with Crippen LogP contribution in [0.2, 0.25) is 5.02 Å². The molecule has 5 nitrogen and oxygen atoms in total. The monoisotopic (exact) mass is 334 g/mol. The standard InChI is InChI=1S/C11H12BrClN2O3/c1-2-8(6-12)14-11(16)9-4-3-7(13)5-10(9)15(17)18/h3-5,8H,2,6H2,1H3,(H,14,16). The lowest BCUT2D eigenvalue weighted by Gasteiger charge is -2.13. The number of nitro benzene ring substituents is 1. The van der Waals surface area contributed by atoms with Gasteiger partial charge in [0.1, 0.15) is 5.56 Å². The van der Waals surface area contributed by atoms with E-state index >= 15 is 0 Å². The van der Waals surface area contributed by atoms with Crippen molar-refractivity contribution < 1.29 is 9.72 Å². The number of carbonyl (C=O) groups excluding carboxylic acids is 1. The van der Waals surface area contributed by atoms with E-state index in [2.05, 4.69) is 21.2 Å². The second kappa shape index (κ2) is 6.70. The number of nitro groups is 1. The number of benzene rings is 1. The van der Waals surface area contributed by atoms with Crippen LogP contribution in [0.3, 0.4) is 0 Å². The molecule has 1 amide bonds. The maximum atomic E-state index is 11.9. The number of amides is 1. The molecular weight excluding hydrogens is 323 g/mol. The summed E-state index contributed by atoms with van der Waals surface area (Å²) >= 11 is 8.95. The lowest BCUT2D eigenvalue weighted by molar-refractivity contribution is -0.385. The van der Waals surface area contributed by atoms with Crippen LogP contribution < -0.4 is 5.32 Å². The van der Waals surface area contributed by atoms with Crippen molar-refractivity contribution in [1.82, 2.24) is 5.32 Å². The van der Waals surface area contributed by atoms with Crippen molar-refractivity contribution >= 4 is 39.1 Å². The van der Waals surface area contributed by atoms with Gasteiger partial charge in [-0.1, -0.05) is 34.5 Å². The smallest absolute Gasteiger partial charge is 0.283 e. The Morgan fingerprint density at radius 3 is 2.78 bits per heavy atom. The number of rotatable bonds is 5. The highest BCUT2D eigenvalue weighted by Crippen LogP contribution is 2.23. The number of hydrogen-bond acceptors (Lipinski definition) is 3. The molecule has 1 unspecified atom stereocenters. The summed E-state index contributed by atoms with van der Waals surface area (Å²) in [5.74, 6) is -0.468. The first-order valence-electron chi connectivity index (χ1n) is 5.30. The molecule has 0 heterocycles. The summed E-state index contributed by atoms with van der Waals surface area (Å²) in [5.41, 5.74) is -0.270. The van der Waals surface area contributed by atoms with E-state index in [1.807, 2.05) is 6.92 Å². The molecular formula is C11H12BrClN2O3. The van der Waals surface area contributed by atoms with Crippen molar-refractivity contribution in [3.63, 3.8) is 0 Å². The highest BCUT2D eigenvalue weighted by Gasteiger charge is 2.21. The van der Waals surface area contributed by atoms with Crippen molar-refractivity contribution in [2.75, 3.05) is 5.33 Å². The van der Waals surface area contributed by atoms with Gasteiger partial charge >= 0.3 is 0 Å². The Bertz CT molecular complexity index is 464. The topological polar surface area (TPSA) is 72.2 Å². The van der Waals surface area contributed by atoms with Crippen molar-refractivity contribution in [3.8, 4) is 0 Å². The Kier molecular flexibility index (Phi) is 5.55. The molecule has 0 aliphatic heterocycles. The summed E-state index contributed by atoms with van der Waals surface area (Å²) in [7, 11) is 0. The quantitative estimate of drug-likeness (QED) is 0.510. The van der Waals surface area contributed by atoms with Crippen molar-refractivity contribution in [2.45, 2.75) is 19.4 Å². The molecule has 0 aliphatic carbocycles. The first-order valence-corrected chi connectivity index (χ1v) is 6.80. The molecule has 0 saturated heterocycles. The Hall–Kier alpha value is -1.14. The lowest BCUT2D eigenvalue weighted by Crippen LogP contribution is -2.35. The van der Waals surface area contributed by atoms with Gasteiger partial charge in [0.25, 0.3) is 11.6 Å². The zero-order chi connectivity index (χ0) is 13.7. The van der Waals surface area contributed by atoms with Crippen LogP contribution in [0.15, 0.2) is 18.2 Å². The van der Waals surface area contributed by atoms with Gasteiger partial charge in [0.15, 0.2) is 0 Å². The van der Waals surface area contributed by atoms with E-state index in [0.717, 1.165) is 6.42 Å². The highest BCUT2D eigenvalue weighted by molar-refractivity contribution is 9.09. The largest absolute Gasteiger partial charge is 0.348 e. The lowest BCUT2D eigenvalue weighted by atomic mass is 10.1. The molecule has 1 aromatic rings. The van der Waals surface area contributed by atoms with Gasteiger partial charge in [0.2, 0.25) is 0 Å². The third-order valence-electron chi connectivity index (χ3n) is 2.42. The molecule has 1 N–H and O–H groups in total. The Morgan fingerprint density at radius 1 is 1.61 bits per heavy atom. The zero-order valence-electron chi connectivity index (χ0n) is 9.65. The normalized spacial score (nSPS) is 11.9. The predicted octanol–water partition coefficient (Wildman–Crippen LogP) is 3.15. The molecule has 0 radical (unpaired) electrons. The van der Waals surface area contributed by atoms with E-state index in [4.69, 9.17) is 11.6 Å². The molecule has 0 aliphatic rings. The number of nitrogens with zero attached hydrogens (tertiary/aromatic N) is 1. The third-order valence-corrected chi connectivity index (χ3v) is 3.43. The molecule has 0 aromatic heterocycles.